The van der Waals surface area contributed by atoms with E-state index in [1.807, 2.05) is 128 Å². The Hall–Kier alpha value is -7.42. The average molecular weight is 1010 g/mol. The van der Waals surface area contributed by atoms with Gasteiger partial charge in [-0.3, -0.25) is 9.97 Å². The van der Waals surface area contributed by atoms with E-state index in [0.717, 1.165) is 63.9 Å². The van der Waals surface area contributed by atoms with Gasteiger partial charge in [0.05, 0.1) is 0 Å². The number of pyridine rings is 2. The summed E-state index contributed by atoms with van der Waals surface area (Å²) in [5.41, 5.74) is 12.1. The molecule has 4 nitrogen and oxygen atoms in total. The second-order valence-corrected chi connectivity index (χ2v) is 18.5. The molecule has 8 heteroatoms. The average Bonchev–Trinajstić information content (AvgIpc) is 3.40. The van der Waals surface area contributed by atoms with Gasteiger partial charge in [-0.05, 0) is 171 Å². The Morgan fingerprint density at radius 1 is 0.314 bits per heavy atom. The van der Waals surface area contributed by atoms with Crippen molar-refractivity contribution < 1.29 is 10.0 Å². The number of rotatable bonds is 6. The van der Waals surface area contributed by atoms with Crippen molar-refractivity contribution in [2.45, 2.75) is 0 Å². The lowest BCUT2D eigenvalue weighted by Crippen LogP contribution is -2.31. The van der Waals surface area contributed by atoms with E-state index in [0.29, 0.717) is 5.46 Å². The van der Waals surface area contributed by atoms with Gasteiger partial charge in [0.1, 0.15) is 0 Å². The number of benzene rings is 10. The number of hydrogen-bond donors (Lipinski definition) is 2. The van der Waals surface area contributed by atoms with Crippen LogP contribution in [0.15, 0.2) is 248 Å². The van der Waals surface area contributed by atoms with E-state index in [9.17, 15) is 10.0 Å². The molecule has 12 rings (SSSR count). The van der Waals surface area contributed by atoms with E-state index in [-0.39, 0.29) is 0 Å². The van der Waals surface area contributed by atoms with E-state index in [1.54, 1.807) is 12.4 Å². The van der Waals surface area contributed by atoms with Crippen molar-refractivity contribution in [1.82, 2.24) is 9.97 Å². The van der Waals surface area contributed by atoms with Gasteiger partial charge < -0.3 is 10.0 Å². The maximum Gasteiger partial charge on any atom is 0.489 e. The first-order chi connectivity index (χ1) is 34.3. The second kappa shape index (κ2) is 21.1. The van der Waals surface area contributed by atoms with Crippen LogP contribution >= 0.6 is 39.1 Å². The van der Waals surface area contributed by atoms with Crippen molar-refractivity contribution >= 4 is 94.8 Å². The predicted molar refractivity (Wildman–Crippen MR) is 300 cm³/mol. The summed E-state index contributed by atoms with van der Waals surface area (Å²) in [6.07, 6.45) is 7.27. The van der Waals surface area contributed by atoms with Gasteiger partial charge in [0.15, 0.2) is 0 Å². The second-order valence-electron chi connectivity index (χ2n) is 16.7. The molecule has 2 heterocycles. The van der Waals surface area contributed by atoms with Gasteiger partial charge in [-0.25, -0.2) is 0 Å². The van der Waals surface area contributed by atoms with E-state index in [1.165, 1.54) is 49.4 Å². The van der Waals surface area contributed by atoms with Crippen molar-refractivity contribution in [1.29, 1.82) is 0 Å². The quantitative estimate of drug-likeness (QED) is 0.129. The monoisotopic (exact) mass is 1010 g/mol. The summed E-state index contributed by atoms with van der Waals surface area (Å²) in [6, 6.07) is 74.0. The lowest BCUT2D eigenvalue weighted by molar-refractivity contribution is 0.426. The van der Waals surface area contributed by atoms with Crippen LogP contribution < -0.4 is 5.46 Å². The maximum absolute atomic E-state index is 9.93. The first-order valence-corrected chi connectivity index (χ1v) is 24.3. The third-order valence-electron chi connectivity index (χ3n) is 12.4. The predicted octanol–water partition coefficient (Wildman–Crippen LogP) is 16.5. The summed E-state index contributed by atoms with van der Waals surface area (Å²) in [6.45, 7) is 0. The third kappa shape index (κ3) is 9.74. The molecule has 0 aliphatic heterocycles. The first kappa shape index (κ1) is 46.3. The Balaban J connectivity index is 0.000000133. The van der Waals surface area contributed by atoms with Gasteiger partial charge in [-0.15, -0.1) is 0 Å². The zero-order valence-electron chi connectivity index (χ0n) is 37.6. The van der Waals surface area contributed by atoms with Crippen LogP contribution in [0.1, 0.15) is 0 Å². The topological polar surface area (TPSA) is 66.2 Å². The summed E-state index contributed by atoms with van der Waals surface area (Å²) in [5, 5.41) is 30.0. The summed E-state index contributed by atoms with van der Waals surface area (Å²) in [4.78, 5) is 8.33. The molecule has 0 fully saturated rings. The highest BCUT2D eigenvalue weighted by atomic mass is 79.9. The smallest absolute Gasteiger partial charge is 0.423 e. The molecule has 0 aliphatic rings. The Bertz CT molecular complexity index is 3660. The molecule has 2 N–H and O–H groups in total. The van der Waals surface area contributed by atoms with Crippen molar-refractivity contribution in [3.63, 3.8) is 0 Å². The van der Waals surface area contributed by atoms with E-state index in [2.05, 4.69) is 129 Å². The van der Waals surface area contributed by atoms with Gasteiger partial charge in [0.25, 0.3) is 0 Å². The molecule has 2 aromatic heterocycles. The zero-order chi connectivity index (χ0) is 48.0. The Labute approximate surface area is 425 Å². The first-order valence-electron chi connectivity index (χ1n) is 22.7. The summed E-state index contributed by atoms with van der Waals surface area (Å²) in [7, 11) is -1.52. The van der Waals surface area contributed by atoms with Crippen LogP contribution in [0, 0.1) is 0 Å². The summed E-state index contributed by atoms with van der Waals surface area (Å²) in [5.74, 6) is 0. The summed E-state index contributed by atoms with van der Waals surface area (Å²) < 4.78 is 1.08. The minimum Gasteiger partial charge on any atom is -0.423 e. The molecule has 10 aromatic carbocycles. The molecule has 0 saturated carbocycles. The van der Waals surface area contributed by atoms with Crippen LogP contribution in [0.3, 0.4) is 0 Å². The Kier molecular flexibility index (Phi) is 13.9. The van der Waals surface area contributed by atoms with Crippen molar-refractivity contribution in [2.24, 2.45) is 0 Å². The number of hydrogen-bond acceptors (Lipinski definition) is 4. The fourth-order valence-electron chi connectivity index (χ4n) is 9.40. The SMILES string of the molecule is Clc1cccc(-c2cccc(-c3c4ccccc4c(-c4ccncc4)c4ccccc34)c2)c1.Clc1cccc(-c2cccc(Br)c2)c1.OB(O)c1c2ccccc2c(-c2ccncc2)c2ccccc12. The van der Waals surface area contributed by atoms with Gasteiger partial charge in [0, 0.05) is 39.3 Å². The fraction of sp³-hybridized carbons (Fsp3) is 0. The van der Waals surface area contributed by atoms with Crippen LogP contribution in [-0.2, 0) is 0 Å². The number of nitrogens with zero attached hydrogens (tertiary/aromatic N) is 2. The minimum atomic E-state index is -1.52. The van der Waals surface area contributed by atoms with Crippen molar-refractivity contribution in [3.8, 4) is 55.6 Å². The molecule has 0 saturated heterocycles. The van der Waals surface area contributed by atoms with E-state index >= 15 is 0 Å². The summed E-state index contributed by atoms with van der Waals surface area (Å²) >= 11 is 15.6. The highest BCUT2D eigenvalue weighted by Crippen LogP contribution is 2.44. The molecule has 0 amide bonds. The highest BCUT2D eigenvalue weighted by Gasteiger charge is 2.22. The Morgan fingerprint density at radius 2 is 0.629 bits per heavy atom. The molecular weight excluding hydrogens is 966 g/mol. The normalized spacial score (nSPS) is 10.9. The molecule has 336 valence electrons. The molecule has 0 unspecified atom stereocenters. The maximum atomic E-state index is 9.93. The molecule has 0 spiro atoms. The molecule has 0 radical (unpaired) electrons. The largest absolute Gasteiger partial charge is 0.489 e. The van der Waals surface area contributed by atoms with Crippen molar-refractivity contribution in [2.75, 3.05) is 0 Å². The minimum absolute atomic E-state index is 0.550. The third-order valence-corrected chi connectivity index (χ3v) is 13.4. The van der Waals surface area contributed by atoms with Crippen LogP contribution in [0.2, 0.25) is 10.0 Å². The number of aromatic nitrogens is 2. The van der Waals surface area contributed by atoms with Crippen LogP contribution in [0.5, 0.6) is 0 Å². The van der Waals surface area contributed by atoms with Crippen LogP contribution in [0.4, 0.5) is 0 Å². The zero-order valence-corrected chi connectivity index (χ0v) is 40.7. The lowest BCUT2D eigenvalue weighted by Gasteiger charge is -2.18. The number of fused-ring (bicyclic) bond motifs is 4. The fourth-order valence-corrected chi connectivity index (χ4v) is 10.2. The lowest BCUT2D eigenvalue weighted by atomic mass is 9.72. The van der Waals surface area contributed by atoms with Crippen LogP contribution in [-0.4, -0.2) is 27.1 Å². The van der Waals surface area contributed by atoms with Gasteiger partial charge in [0.2, 0.25) is 0 Å². The molecule has 0 bridgehead atoms. The number of halogens is 3. The Morgan fingerprint density at radius 3 is 1.01 bits per heavy atom. The van der Waals surface area contributed by atoms with Gasteiger partial charge in [-0.2, -0.15) is 0 Å². The van der Waals surface area contributed by atoms with Crippen LogP contribution in [0.25, 0.3) is 98.7 Å². The highest BCUT2D eigenvalue weighted by molar-refractivity contribution is 9.10. The van der Waals surface area contributed by atoms with E-state index in [4.69, 9.17) is 23.2 Å². The molecule has 70 heavy (non-hydrogen) atoms. The molecule has 0 atom stereocenters. The standard InChI is InChI=1S/C31H20ClN.C19H14BNO2.C12H8BrCl/c32-25-10-6-8-23(20-25)22-7-5-9-24(19-22)31-28-13-3-1-11-26(28)30(21-15-17-33-18-16-21)27-12-2-4-14-29(27)31;22-20(23)19-16-7-3-1-5-14(16)18(13-9-11-21-12-10-13)15-6-2-4-8-17(15)19;13-11-5-1-3-9(7-11)10-4-2-6-12(14)8-10/h1-20H;1-12,22-23H;1-8H. The molecule has 12 aromatic rings. The molecular formula is C62H42BBrCl2N2O2. The molecule has 0 aliphatic carbocycles. The van der Waals surface area contributed by atoms with E-state index < -0.39 is 7.12 Å². The van der Waals surface area contributed by atoms with Gasteiger partial charge in [-0.1, -0.05) is 191 Å². The van der Waals surface area contributed by atoms with Crippen molar-refractivity contribution in [3.05, 3.63) is 258 Å². The van der Waals surface area contributed by atoms with Gasteiger partial charge >= 0.3 is 7.12 Å².